The van der Waals surface area contributed by atoms with Crippen molar-refractivity contribution in [1.82, 2.24) is 14.5 Å². The first-order valence-electron chi connectivity index (χ1n) is 11.3. The van der Waals surface area contributed by atoms with Crippen LogP contribution in [0, 0.1) is 0 Å². The van der Waals surface area contributed by atoms with Crippen LogP contribution in [0.2, 0.25) is 0 Å². The molecular formula is C22H29N5NaO4S. The Labute approximate surface area is 216 Å². The summed E-state index contributed by atoms with van der Waals surface area (Å²) in [6.45, 7) is 0.940. The fourth-order valence-electron chi connectivity index (χ4n) is 5.22. The Balaban J connectivity index is 0.00000259. The van der Waals surface area contributed by atoms with E-state index in [9.17, 15) is 13.2 Å². The van der Waals surface area contributed by atoms with Crippen LogP contribution in [0.25, 0.3) is 0 Å². The van der Waals surface area contributed by atoms with Gasteiger partial charge in [-0.2, -0.15) is 13.5 Å². The molecule has 11 heteroatoms. The molecule has 2 heterocycles. The van der Waals surface area contributed by atoms with Gasteiger partial charge in [-0.1, -0.05) is 6.07 Å². The van der Waals surface area contributed by atoms with Crippen LogP contribution >= 0.6 is 0 Å². The Morgan fingerprint density at radius 2 is 1.76 bits per heavy atom. The molecule has 2 N–H and O–H groups in total. The molecule has 1 radical (unpaired) electrons. The summed E-state index contributed by atoms with van der Waals surface area (Å²) in [4.78, 5) is 13.0. The molecule has 3 aliphatic rings. The van der Waals surface area contributed by atoms with Crippen molar-refractivity contribution in [1.29, 1.82) is 0 Å². The van der Waals surface area contributed by atoms with Crippen LogP contribution in [0.5, 0.6) is 0 Å². The first-order valence-corrected chi connectivity index (χ1v) is 12.7. The number of carbonyl (C=O) groups excluding carboxylic acids is 1. The summed E-state index contributed by atoms with van der Waals surface area (Å²) in [6, 6.07) is 2.86. The molecule has 33 heavy (non-hydrogen) atoms. The summed E-state index contributed by atoms with van der Waals surface area (Å²) in [5, 5.41) is 7.20. The van der Waals surface area contributed by atoms with E-state index < -0.39 is 16.2 Å². The van der Waals surface area contributed by atoms with Gasteiger partial charge in [0, 0.05) is 67.8 Å². The molecule has 0 atom stereocenters. The third-order valence-electron chi connectivity index (χ3n) is 6.64. The Morgan fingerprint density at radius 3 is 2.33 bits per heavy atom. The molecule has 0 saturated carbocycles. The fourth-order valence-corrected chi connectivity index (χ4v) is 6.55. The van der Waals surface area contributed by atoms with Crippen molar-refractivity contribution in [2.45, 2.75) is 57.4 Å². The van der Waals surface area contributed by atoms with Crippen molar-refractivity contribution < 1.29 is 17.9 Å². The van der Waals surface area contributed by atoms with Gasteiger partial charge in [-0.15, -0.1) is 0 Å². The molecule has 5 rings (SSSR count). The minimum atomic E-state index is -4.17. The van der Waals surface area contributed by atoms with Crippen molar-refractivity contribution in [3.05, 3.63) is 40.6 Å². The topological polar surface area (TPSA) is 106 Å². The van der Waals surface area contributed by atoms with Crippen LogP contribution in [-0.2, 0) is 47.7 Å². The quantitative estimate of drug-likeness (QED) is 0.635. The molecule has 1 saturated heterocycles. The Bertz CT molecular complexity index is 1110. The standard InChI is InChI=1S/C22H29N5O4S.Na/c1-26-11-8-20(24-26)27(17-9-12-31-13-10-17)32(29,30)25-22(28)23-21-18-6-2-4-15(18)14-16-5-3-7-19(16)21;/h8,11,14,17H,2-7,9-10,12-13H2,1H3,(H2,23,25,28);. The van der Waals surface area contributed by atoms with Crippen LogP contribution in [-0.4, -0.2) is 73.0 Å². The number of benzene rings is 1. The number of nitrogens with zero attached hydrogens (tertiary/aromatic N) is 3. The zero-order valence-electron chi connectivity index (χ0n) is 19.3. The minimum Gasteiger partial charge on any atom is -0.381 e. The smallest absolute Gasteiger partial charge is 0.334 e. The zero-order chi connectivity index (χ0) is 22.3. The van der Waals surface area contributed by atoms with Crippen LogP contribution < -0.4 is 14.3 Å². The van der Waals surface area contributed by atoms with Crippen molar-refractivity contribution in [3.63, 3.8) is 0 Å². The molecule has 173 valence electrons. The summed E-state index contributed by atoms with van der Waals surface area (Å²) in [7, 11) is -2.44. The number of ether oxygens (including phenoxy) is 1. The second-order valence-corrected chi connectivity index (χ2v) is 10.3. The van der Waals surface area contributed by atoms with Crippen molar-refractivity contribution >= 4 is 57.3 Å². The Kier molecular flexibility index (Phi) is 7.40. The van der Waals surface area contributed by atoms with Gasteiger partial charge in [0.15, 0.2) is 5.82 Å². The van der Waals surface area contributed by atoms with Gasteiger partial charge in [0.05, 0.1) is 6.04 Å². The van der Waals surface area contributed by atoms with Crippen molar-refractivity contribution in [2.75, 3.05) is 22.8 Å². The summed E-state index contributed by atoms with van der Waals surface area (Å²) in [5.41, 5.74) is 5.69. The van der Waals surface area contributed by atoms with E-state index in [1.165, 1.54) is 15.4 Å². The van der Waals surface area contributed by atoms with E-state index in [4.69, 9.17) is 4.74 Å². The number of nitrogens with one attached hydrogen (secondary N) is 2. The number of anilines is 2. The first kappa shape index (κ1) is 24.5. The van der Waals surface area contributed by atoms with Gasteiger partial charge in [-0.3, -0.25) is 4.68 Å². The number of aromatic nitrogens is 2. The van der Waals surface area contributed by atoms with Gasteiger partial charge in [0.2, 0.25) is 0 Å². The molecular weight excluding hydrogens is 453 g/mol. The number of amides is 2. The SMILES string of the molecule is Cn1ccc(N(C2CCOCC2)S(=O)(=O)NC(=O)Nc2c3c(cc4c2CCC4)CCC3)n1.[Na]. The number of hydrogen-bond donors (Lipinski definition) is 2. The van der Waals surface area contributed by atoms with Gasteiger partial charge < -0.3 is 10.1 Å². The minimum absolute atomic E-state index is 0. The van der Waals surface area contributed by atoms with Crippen LogP contribution in [0.15, 0.2) is 18.3 Å². The third-order valence-corrected chi connectivity index (χ3v) is 8.09. The van der Waals surface area contributed by atoms with E-state index in [0.717, 1.165) is 55.3 Å². The number of rotatable bonds is 5. The van der Waals surface area contributed by atoms with Crippen molar-refractivity contribution in [2.24, 2.45) is 7.05 Å². The first-order chi connectivity index (χ1) is 15.4. The van der Waals surface area contributed by atoms with Gasteiger partial charge >= 0.3 is 16.2 Å². The summed E-state index contributed by atoms with van der Waals surface area (Å²) < 4.78 is 37.2. The van der Waals surface area contributed by atoms with Crippen molar-refractivity contribution in [3.8, 4) is 0 Å². The van der Waals surface area contributed by atoms with Gasteiger partial charge in [0.25, 0.3) is 0 Å². The summed E-state index contributed by atoms with van der Waals surface area (Å²) in [5.74, 6) is 0.293. The second-order valence-electron chi connectivity index (χ2n) is 8.78. The monoisotopic (exact) mass is 482 g/mol. The molecule has 1 aliphatic heterocycles. The number of aryl methyl sites for hydroxylation is 3. The Morgan fingerprint density at radius 1 is 1.12 bits per heavy atom. The predicted molar refractivity (Wildman–Crippen MR) is 127 cm³/mol. The van der Waals surface area contributed by atoms with E-state index in [-0.39, 0.29) is 35.6 Å². The second kappa shape index (κ2) is 9.95. The maximum absolute atomic E-state index is 13.4. The average molecular weight is 483 g/mol. The predicted octanol–water partition coefficient (Wildman–Crippen LogP) is 2.07. The molecule has 9 nitrogen and oxygen atoms in total. The number of urea groups is 1. The van der Waals surface area contributed by atoms with Crippen LogP contribution in [0.1, 0.15) is 47.9 Å². The summed E-state index contributed by atoms with van der Waals surface area (Å²) >= 11 is 0. The molecule has 2 amide bonds. The molecule has 2 aliphatic carbocycles. The van der Waals surface area contributed by atoms with E-state index in [1.54, 1.807) is 24.0 Å². The van der Waals surface area contributed by atoms with Gasteiger partial charge in [-0.05, 0) is 73.6 Å². The molecule has 0 spiro atoms. The van der Waals surface area contributed by atoms with E-state index in [0.29, 0.717) is 31.9 Å². The van der Waals surface area contributed by atoms with Crippen LogP contribution in [0.4, 0.5) is 16.3 Å². The van der Waals surface area contributed by atoms with Gasteiger partial charge in [0.1, 0.15) is 0 Å². The molecule has 0 unspecified atom stereocenters. The summed E-state index contributed by atoms with van der Waals surface area (Å²) in [6.07, 6.45) is 8.72. The maximum Gasteiger partial charge on any atom is 0.334 e. The molecule has 2 aromatic rings. The van der Waals surface area contributed by atoms with E-state index in [2.05, 4.69) is 21.2 Å². The largest absolute Gasteiger partial charge is 0.381 e. The number of carbonyl (C=O) groups is 1. The fraction of sp³-hybridized carbons (Fsp3) is 0.545. The normalized spacial score (nSPS) is 17.7. The maximum atomic E-state index is 13.4. The molecule has 1 aromatic carbocycles. The molecule has 1 fully saturated rings. The Hall–Kier alpha value is -1.59. The zero-order valence-corrected chi connectivity index (χ0v) is 22.1. The van der Waals surface area contributed by atoms with E-state index >= 15 is 0 Å². The number of fused-ring (bicyclic) bond motifs is 2. The number of hydrogen-bond acceptors (Lipinski definition) is 5. The van der Waals surface area contributed by atoms with E-state index in [1.807, 2.05) is 0 Å². The average Bonchev–Trinajstić information content (AvgIpc) is 3.49. The molecule has 0 bridgehead atoms. The van der Waals surface area contributed by atoms with Crippen LogP contribution in [0.3, 0.4) is 0 Å². The van der Waals surface area contributed by atoms with Gasteiger partial charge in [-0.25, -0.2) is 13.8 Å². The third kappa shape index (κ3) is 4.95. The molecule has 1 aromatic heterocycles.